The van der Waals surface area contributed by atoms with E-state index in [1.54, 1.807) is 30.3 Å². The summed E-state index contributed by atoms with van der Waals surface area (Å²) in [5.74, 6) is 0.485. The number of carbonyl (C=O) groups is 2. The third kappa shape index (κ3) is 3.90. The number of hydrogen-bond acceptors (Lipinski definition) is 3. The van der Waals surface area contributed by atoms with Gasteiger partial charge in [0.2, 0.25) is 0 Å². The van der Waals surface area contributed by atoms with E-state index in [0.29, 0.717) is 41.9 Å². The van der Waals surface area contributed by atoms with Gasteiger partial charge in [0.25, 0.3) is 11.8 Å². The Kier molecular flexibility index (Phi) is 5.35. The third-order valence-corrected chi connectivity index (χ3v) is 5.54. The second-order valence-electron chi connectivity index (χ2n) is 7.07. The molecule has 2 aromatic carbocycles. The summed E-state index contributed by atoms with van der Waals surface area (Å²) in [5, 5.41) is 4.34. The van der Waals surface area contributed by atoms with E-state index in [4.69, 9.17) is 16.0 Å². The number of benzene rings is 2. The van der Waals surface area contributed by atoms with E-state index in [-0.39, 0.29) is 11.8 Å². The highest BCUT2D eigenvalue weighted by molar-refractivity contribution is 6.33. The SMILES string of the molecule is O=C(NCC1CCN(C(=O)c2cc3ccccc3o2)CC1)c1ccccc1Cl. The number of fused-ring (bicyclic) bond motifs is 1. The van der Waals surface area contributed by atoms with Crippen LogP contribution in [0.2, 0.25) is 5.02 Å². The van der Waals surface area contributed by atoms with Gasteiger partial charge in [0, 0.05) is 25.0 Å². The minimum atomic E-state index is -0.161. The largest absolute Gasteiger partial charge is 0.451 e. The summed E-state index contributed by atoms with van der Waals surface area (Å²) in [4.78, 5) is 26.8. The van der Waals surface area contributed by atoms with Crippen molar-refractivity contribution in [2.45, 2.75) is 12.8 Å². The van der Waals surface area contributed by atoms with Gasteiger partial charge >= 0.3 is 0 Å². The molecule has 0 radical (unpaired) electrons. The van der Waals surface area contributed by atoms with Crippen LogP contribution in [-0.4, -0.2) is 36.3 Å². The summed E-state index contributed by atoms with van der Waals surface area (Å²) in [6.07, 6.45) is 1.68. The molecule has 2 heterocycles. The molecular weight excluding hydrogens is 376 g/mol. The number of nitrogens with one attached hydrogen (secondary N) is 1. The maximum absolute atomic E-state index is 12.7. The van der Waals surface area contributed by atoms with Crippen molar-refractivity contribution in [2.75, 3.05) is 19.6 Å². The lowest BCUT2D eigenvalue weighted by Gasteiger charge is -2.31. The minimum absolute atomic E-state index is 0.0743. The Morgan fingerprint density at radius 2 is 1.79 bits per heavy atom. The first-order chi connectivity index (χ1) is 13.6. The van der Waals surface area contributed by atoms with E-state index in [0.717, 1.165) is 23.8 Å². The van der Waals surface area contributed by atoms with E-state index in [1.807, 2.05) is 29.2 Å². The monoisotopic (exact) mass is 396 g/mol. The highest BCUT2D eigenvalue weighted by atomic mass is 35.5. The Morgan fingerprint density at radius 1 is 1.07 bits per heavy atom. The summed E-state index contributed by atoms with van der Waals surface area (Å²) < 4.78 is 5.69. The van der Waals surface area contributed by atoms with Crippen molar-refractivity contribution in [2.24, 2.45) is 5.92 Å². The molecule has 1 aliphatic rings. The minimum Gasteiger partial charge on any atom is -0.451 e. The first-order valence-electron chi connectivity index (χ1n) is 9.42. The van der Waals surface area contributed by atoms with Crippen molar-refractivity contribution in [3.8, 4) is 0 Å². The Balaban J connectivity index is 1.30. The van der Waals surface area contributed by atoms with Crippen LogP contribution in [-0.2, 0) is 0 Å². The van der Waals surface area contributed by atoms with Crippen molar-refractivity contribution in [3.05, 3.63) is 70.9 Å². The van der Waals surface area contributed by atoms with Crippen LogP contribution < -0.4 is 5.32 Å². The van der Waals surface area contributed by atoms with Crippen molar-refractivity contribution in [1.82, 2.24) is 10.2 Å². The second-order valence-corrected chi connectivity index (χ2v) is 7.48. The Labute approximate surface area is 168 Å². The van der Waals surface area contributed by atoms with Gasteiger partial charge in [0.15, 0.2) is 5.76 Å². The normalized spacial score (nSPS) is 15.0. The summed E-state index contributed by atoms with van der Waals surface area (Å²) in [6, 6.07) is 16.4. The van der Waals surface area contributed by atoms with Gasteiger partial charge in [-0.3, -0.25) is 9.59 Å². The highest BCUT2D eigenvalue weighted by Crippen LogP contribution is 2.23. The molecule has 1 fully saturated rings. The second kappa shape index (κ2) is 8.07. The lowest BCUT2D eigenvalue weighted by atomic mass is 9.96. The maximum Gasteiger partial charge on any atom is 0.289 e. The zero-order chi connectivity index (χ0) is 19.5. The van der Waals surface area contributed by atoms with E-state index in [2.05, 4.69) is 5.32 Å². The fourth-order valence-corrected chi connectivity index (χ4v) is 3.78. The van der Waals surface area contributed by atoms with Crippen molar-refractivity contribution < 1.29 is 14.0 Å². The first-order valence-corrected chi connectivity index (χ1v) is 9.80. The fraction of sp³-hybridized carbons (Fsp3) is 0.273. The Morgan fingerprint density at radius 3 is 2.54 bits per heavy atom. The molecule has 0 bridgehead atoms. The molecule has 5 nitrogen and oxygen atoms in total. The standard InChI is InChI=1S/C22H21ClN2O3/c23-18-7-3-2-6-17(18)21(26)24-14-15-9-11-25(12-10-15)22(27)20-13-16-5-1-4-8-19(16)28-20/h1-8,13,15H,9-12,14H2,(H,24,26). The number of rotatable bonds is 4. The quantitative estimate of drug-likeness (QED) is 0.712. The number of furan rings is 1. The van der Waals surface area contributed by atoms with Gasteiger partial charge in [0.1, 0.15) is 5.58 Å². The number of nitrogens with zero attached hydrogens (tertiary/aromatic N) is 1. The summed E-state index contributed by atoms with van der Waals surface area (Å²) in [7, 11) is 0. The summed E-state index contributed by atoms with van der Waals surface area (Å²) in [5.41, 5.74) is 1.21. The van der Waals surface area contributed by atoms with Crippen LogP contribution in [0.4, 0.5) is 0 Å². The molecule has 1 aromatic heterocycles. The van der Waals surface area contributed by atoms with Crippen LogP contribution in [0.15, 0.2) is 59.0 Å². The molecule has 144 valence electrons. The van der Waals surface area contributed by atoms with Gasteiger partial charge in [-0.25, -0.2) is 0 Å². The molecule has 6 heteroatoms. The van der Waals surface area contributed by atoms with Crippen LogP contribution in [0.1, 0.15) is 33.8 Å². The van der Waals surface area contributed by atoms with Crippen molar-refractivity contribution in [1.29, 1.82) is 0 Å². The fourth-order valence-electron chi connectivity index (χ4n) is 3.56. The number of hydrogen-bond donors (Lipinski definition) is 1. The van der Waals surface area contributed by atoms with Crippen LogP contribution >= 0.6 is 11.6 Å². The smallest absolute Gasteiger partial charge is 0.289 e. The van der Waals surface area contributed by atoms with Gasteiger partial charge in [-0.1, -0.05) is 41.9 Å². The molecule has 0 atom stereocenters. The summed E-state index contributed by atoms with van der Waals surface area (Å²) in [6.45, 7) is 1.89. The van der Waals surface area contributed by atoms with Gasteiger partial charge in [-0.15, -0.1) is 0 Å². The molecule has 1 aliphatic heterocycles. The predicted molar refractivity (Wildman–Crippen MR) is 109 cm³/mol. The third-order valence-electron chi connectivity index (χ3n) is 5.21. The lowest BCUT2D eigenvalue weighted by molar-refractivity contribution is 0.0655. The predicted octanol–water partition coefficient (Wildman–Crippen LogP) is 4.37. The van der Waals surface area contributed by atoms with Crippen molar-refractivity contribution >= 4 is 34.4 Å². The van der Waals surface area contributed by atoms with Crippen LogP contribution in [0, 0.1) is 5.92 Å². The zero-order valence-corrected chi connectivity index (χ0v) is 16.1. The molecule has 2 amide bonds. The lowest BCUT2D eigenvalue weighted by Crippen LogP contribution is -2.41. The van der Waals surface area contributed by atoms with E-state index < -0.39 is 0 Å². The molecule has 0 saturated carbocycles. The first kappa shape index (κ1) is 18.6. The molecule has 28 heavy (non-hydrogen) atoms. The zero-order valence-electron chi connectivity index (χ0n) is 15.4. The van der Waals surface area contributed by atoms with E-state index in [9.17, 15) is 9.59 Å². The molecular formula is C22H21ClN2O3. The number of carbonyl (C=O) groups excluding carboxylic acids is 2. The summed E-state index contributed by atoms with van der Waals surface area (Å²) >= 11 is 6.07. The molecule has 1 saturated heterocycles. The molecule has 0 unspecified atom stereocenters. The number of amides is 2. The molecule has 0 aliphatic carbocycles. The average molecular weight is 397 g/mol. The number of para-hydroxylation sites is 1. The molecule has 4 rings (SSSR count). The number of halogens is 1. The number of piperidine rings is 1. The van der Waals surface area contributed by atoms with Crippen molar-refractivity contribution in [3.63, 3.8) is 0 Å². The Hall–Kier alpha value is -2.79. The van der Waals surface area contributed by atoms with Crippen LogP contribution in [0.3, 0.4) is 0 Å². The van der Waals surface area contributed by atoms with E-state index >= 15 is 0 Å². The average Bonchev–Trinajstić information content (AvgIpc) is 3.16. The molecule has 1 N–H and O–H groups in total. The number of likely N-dealkylation sites (tertiary alicyclic amines) is 1. The Bertz CT molecular complexity index is 973. The highest BCUT2D eigenvalue weighted by Gasteiger charge is 2.26. The van der Waals surface area contributed by atoms with Gasteiger partial charge in [-0.05, 0) is 43.0 Å². The maximum atomic E-state index is 12.7. The van der Waals surface area contributed by atoms with E-state index in [1.165, 1.54) is 0 Å². The molecule has 3 aromatic rings. The topological polar surface area (TPSA) is 62.6 Å². The molecule has 0 spiro atoms. The van der Waals surface area contributed by atoms with Gasteiger partial charge in [-0.2, -0.15) is 0 Å². The van der Waals surface area contributed by atoms with Gasteiger partial charge < -0.3 is 14.6 Å². The van der Waals surface area contributed by atoms with Gasteiger partial charge in [0.05, 0.1) is 10.6 Å². The van der Waals surface area contributed by atoms with Crippen LogP contribution in [0.5, 0.6) is 0 Å². The van der Waals surface area contributed by atoms with Crippen LogP contribution in [0.25, 0.3) is 11.0 Å².